The first-order valence-electron chi connectivity index (χ1n) is 7.44. The van der Waals surface area contributed by atoms with Gasteiger partial charge < -0.3 is 0 Å². The SMILES string of the molecule is c1ccc([C@@H]2Sc3ccccc3S[C@H]2c2ccccc2)cc1. The summed E-state index contributed by atoms with van der Waals surface area (Å²) in [6.07, 6.45) is 0. The van der Waals surface area contributed by atoms with Gasteiger partial charge in [-0.1, -0.05) is 72.8 Å². The zero-order valence-corrected chi connectivity index (χ0v) is 13.7. The lowest BCUT2D eigenvalue weighted by Crippen LogP contribution is -2.09. The molecule has 0 N–H and O–H groups in total. The quantitative estimate of drug-likeness (QED) is 0.538. The summed E-state index contributed by atoms with van der Waals surface area (Å²) < 4.78 is 0. The van der Waals surface area contributed by atoms with Gasteiger partial charge in [-0.25, -0.2) is 0 Å². The highest BCUT2D eigenvalue weighted by molar-refractivity contribution is 8.06. The molecule has 0 spiro atoms. The Morgan fingerprint density at radius 1 is 0.455 bits per heavy atom. The van der Waals surface area contributed by atoms with Gasteiger partial charge in [0.25, 0.3) is 0 Å². The number of hydrogen-bond donors (Lipinski definition) is 0. The van der Waals surface area contributed by atoms with Crippen LogP contribution in [0, 0.1) is 0 Å². The van der Waals surface area contributed by atoms with Crippen LogP contribution < -0.4 is 0 Å². The van der Waals surface area contributed by atoms with Crippen molar-refractivity contribution >= 4 is 23.5 Å². The molecule has 1 aliphatic heterocycles. The fourth-order valence-corrected chi connectivity index (χ4v) is 5.81. The molecule has 0 aliphatic carbocycles. The highest BCUT2D eigenvalue weighted by Gasteiger charge is 2.32. The van der Waals surface area contributed by atoms with Gasteiger partial charge in [-0.15, -0.1) is 23.5 Å². The molecular formula is C20H16S2. The van der Waals surface area contributed by atoms with Crippen LogP contribution in [0.25, 0.3) is 0 Å². The molecule has 0 saturated heterocycles. The molecule has 1 aliphatic rings. The third-order valence-corrected chi connectivity index (χ3v) is 7.01. The molecule has 0 nitrogen and oxygen atoms in total. The zero-order chi connectivity index (χ0) is 14.8. The van der Waals surface area contributed by atoms with Crippen molar-refractivity contribution < 1.29 is 0 Å². The van der Waals surface area contributed by atoms with Crippen molar-refractivity contribution in [3.63, 3.8) is 0 Å². The normalized spacial score (nSPS) is 20.4. The summed E-state index contributed by atoms with van der Waals surface area (Å²) in [6.45, 7) is 0. The van der Waals surface area contributed by atoms with E-state index in [0.717, 1.165) is 0 Å². The van der Waals surface area contributed by atoms with Gasteiger partial charge in [0.15, 0.2) is 0 Å². The predicted octanol–water partition coefficient (Wildman–Crippen LogP) is 6.37. The standard InChI is InChI=1S/C20H16S2/c1-3-9-15(10-4-1)19-20(16-11-5-2-6-12-16)22-18-14-8-7-13-17(18)21-19/h1-14,19-20H/t19-,20-/m0/s1. The van der Waals surface area contributed by atoms with Crippen LogP contribution in [-0.4, -0.2) is 0 Å². The smallest absolute Gasteiger partial charge is 0.0508 e. The summed E-state index contributed by atoms with van der Waals surface area (Å²) >= 11 is 3.98. The van der Waals surface area contributed by atoms with Gasteiger partial charge in [0.2, 0.25) is 0 Å². The molecule has 2 atom stereocenters. The van der Waals surface area contributed by atoms with E-state index in [-0.39, 0.29) is 0 Å². The van der Waals surface area contributed by atoms with Crippen LogP contribution in [-0.2, 0) is 0 Å². The minimum Gasteiger partial charge on any atom is -0.115 e. The molecule has 4 rings (SSSR count). The molecule has 3 aromatic carbocycles. The molecule has 0 saturated carbocycles. The second kappa shape index (κ2) is 6.23. The summed E-state index contributed by atoms with van der Waals surface area (Å²) in [7, 11) is 0. The zero-order valence-electron chi connectivity index (χ0n) is 12.1. The predicted molar refractivity (Wildman–Crippen MR) is 96.5 cm³/mol. The van der Waals surface area contributed by atoms with E-state index in [1.807, 2.05) is 23.5 Å². The summed E-state index contributed by atoms with van der Waals surface area (Å²) in [6, 6.07) is 30.5. The number of fused-ring (bicyclic) bond motifs is 1. The lowest BCUT2D eigenvalue weighted by Gasteiger charge is -2.32. The van der Waals surface area contributed by atoms with Crippen LogP contribution in [0.4, 0.5) is 0 Å². The summed E-state index contributed by atoms with van der Waals surface area (Å²) in [5.74, 6) is 0. The molecule has 0 bridgehead atoms. The lowest BCUT2D eigenvalue weighted by molar-refractivity contribution is 0.887. The summed E-state index contributed by atoms with van der Waals surface area (Å²) in [5, 5.41) is 0.895. The molecule has 0 unspecified atom stereocenters. The van der Waals surface area contributed by atoms with Crippen LogP contribution in [0.1, 0.15) is 21.6 Å². The van der Waals surface area contributed by atoms with Gasteiger partial charge in [0.1, 0.15) is 0 Å². The van der Waals surface area contributed by atoms with Crippen LogP contribution in [0.5, 0.6) is 0 Å². The van der Waals surface area contributed by atoms with E-state index in [2.05, 4.69) is 84.9 Å². The Hall–Kier alpha value is -1.64. The van der Waals surface area contributed by atoms with Gasteiger partial charge in [0.05, 0.1) is 10.5 Å². The van der Waals surface area contributed by atoms with Gasteiger partial charge in [0, 0.05) is 9.79 Å². The Kier molecular flexibility index (Phi) is 3.96. The summed E-state index contributed by atoms with van der Waals surface area (Å²) in [4.78, 5) is 2.79. The van der Waals surface area contributed by atoms with Crippen molar-refractivity contribution in [1.29, 1.82) is 0 Å². The Labute approximate surface area is 140 Å². The monoisotopic (exact) mass is 320 g/mol. The fourth-order valence-electron chi connectivity index (χ4n) is 2.81. The maximum absolute atomic E-state index is 2.25. The minimum atomic E-state index is 0.448. The molecule has 22 heavy (non-hydrogen) atoms. The molecule has 2 heteroatoms. The van der Waals surface area contributed by atoms with Crippen molar-refractivity contribution in [3.05, 3.63) is 96.1 Å². The van der Waals surface area contributed by atoms with Crippen LogP contribution in [0.2, 0.25) is 0 Å². The average Bonchev–Trinajstić information content (AvgIpc) is 2.62. The maximum Gasteiger partial charge on any atom is 0.0508 e. The van der Waals surface area contributed by atoms with Crippen molar-refractivity contribution in [1.82, 2.24) is 0 Å². The molecule has 0 aromatic heterocycles. The van der Waals surface area contributed by atoms with Gasteiger partial charge in [-0.2, -0.15) is 0 Å². The van der Waals surface area contributed by atoms with E-state index >= 15 is 0 Å². The number of hydrogen-bond acceptors (Lipinski definition) is 2. The highest BCUT2D eigenvalue weighted by atomic mass is 32.2. The van der Waals surface area contributed by atoms with E-state index in [1.165, 1.54) is 20.9 Å². The van der Waals surface area contributed by atoms with Crippen molar-refractivity contribution in [2.75, 3.05) is 0 Å². The largest absolute Gasteiger partial charge is 0.115 e. The third kappa shape index (κ3) is 2.69. The van der Waals surface area contributed by atoms with E-state index in [0.29, 0.717) is 10.5 Å². The molecule has 0 fully saturated rings. The molecule has 3 aromatic rings. The van der Waals surface area contributed by atoms with Gasteiger partial charge in [-0.3, -0.25) is 0 Å². The molecular weight excluding hydrogens is 304 g/mol. The lowest BCUT2D eigenvalue weighted by atomic mass is 10.0. The number of rotatable bonds is 2. The first-order chi connectivity index (χ1) is 10.9. The van der Waals surface area contributed by atoms with Crippen LogP contribution in [0.15, 0.2) is 94.7 Å². The Morgan fingerprint density at radius 3 is 1.23 bits per heavy atom. The topological polar surface area (TPSA) is 0 Å². The van der Waals surface area contributed by atoms with Crippen LogP contribution >= 0.6 is 23.5 Å². The second-order valence-electron chi connectivity index (χ2n) is 5.35. The molecule has 1 heterocycles. The number of thioether (sulfide) groups is 2. The van der Waals surface area contributed by atoms with Crippen molar-refractivity contribution in [2.24, 2.45) is 0 Å². The Balaban J connectivity index is 1.79. The Bertz CT molecular complexity index is 686. The van der Waals surface area contributed by atoms with Crippen LogP contribution in [0.3, 0.4) is 0 Å². The third-order valence-electron chi connectivity index (χ3n) is 3.89. The fraction of sp³-hybridized carbons (Fsp3) is 0.100. The van der Waals surface area contributed by atoms with Gasteiger partial charge >= 0.3 is 0 Å². The first-order valence-corrected chi connectivity index (χ1v) is 9.20. The van der Waals surface area contributed by atoms with Crippen molar-refractivity contribution in [2.45, 2.75) is 20.3 Å². The molecule has 108 valence electrons. The van der Waals surface area contributed by atoms with E-state index in [1.54, 1.807) is 0 Å². The van der Waals surface area contributed by atoms with Gasteiger partial charge in [-0.05, 0) is 23.3 Å². The molecule has 0 radical (unpaired) electrons. The molecule has 0 amide bonds. The highest BCUT2D eigenvalue weighted by Crippen LogP contribution is 2.58. The number of benzene rings is 3. The first kappa shape index (κ1) is 14.0. The second-order valence-corrected chi connectivity index (χ2v) is 7.71. The van der Waals surface area contributed by atoms with E-state index in [4.69, 9.17) is 0 Å². The van der Waals surface area contributed by atoms with E-state index in [9.17, 15) is 0 Å². The van der Waals surface area contributed by atoms with E-state index < -0.39 is 0 Å². The average molecular weight is 320 g/mol. The summed E-state index contributed by atoms with van der Waals surface area (Å²) in [5.41, 5.74) is 2.81. The van der Waals surface area contributed by atoms with Crippen molar-refractivity contribution in [3.8, 4) is 0 Å². The maximum atomic E-state index is 2.25. The Morgan fingerprint density at radius 2 is 0.818 bits per heavy atom. The minimum absolute atomic E-state index is 0.448.